The molecule has 1 aromatic rings. The molecule has 136 valence electrons. The first-order chi connectivity index (χ1) is 11.4. The summed E-state index contributed by atoms with van der Waals surface area (Å²) >= 11 is 0. The molecule has 2 rings (SSSR count). The number of hydrogen-bond donors (Lipinski definition) is 0. The molecule has 0 radical (unpaired) electrons. The molecule has 1 aliphatic heterocycles. The molecular formula is C20H33FO2Si. The number of hydrogen-bond acceptors (Lipinski definition) is 2. The van der Waals surface area contributed by atoms with E-state index in [1.807, 2.05) is 24.3 Å². The van der Waals surface area contributed by atoms with Gasteiger partial charge in [0.2, 0.25) is 0 Å². The van der Waals surface area contributed by atoms with E-state index in [1.54, 1.807) is 0 Å². The van der Waals surface area contributed by atoms with Crippen LogP contribution in [0.15, 0.2) is 24.3 Å². The SMILES string of the molecule is CC(C)C[Si](F)(CC(C)C)c1ccc(COC2CCCCO2)cc1. The van der Waals surface area contributed by atoms with Gasteiger partial charge in [-0.2, -0.15) is 0 Å². The minimum atomic E-state index is -2.90. The van der Waals surface area contributed by atoms with Crippen molar-refractivity contribution < 1.29 is 13.6 Å². The molecule has 0 saturated carbocycles. The van der Waals surface area contributed by atoms with E-state index in [1.165, 1.54) is 6.42 Å². The van der Waals surface area contributed by atoms with Gasteiger partial charge in [-0.25, -0.2) is 0 Å². The third-order valence-electron chi connectivity index (χ3n) is 4.51. The molecule has 1 atom stereocenters. The Morgan fingerprint density at radius 1 is 1.08 bits per heavy atom. The molecule has 2 nitrogen and oxygen atoms in total. The molecule has 0 aliphatic carbocycles. The third kappa shape index (κ3) is 5.98. The second kappa shape index (κ2) is 9.11. The molecule has 1 saturated heterocycles. The van der Waals surface area contributed by atoms with Gasteiger partial charge in [-0.05, 0) is 53.9 Å². The van der Waals surface area contributed by atoms with Gasteiger partial charge in [-0.1, -0.05) is 52.0 Å². The van der Waals surface area contributed by atoms with Gasteiger partial charge in [0.15, 0.2) is 6.29 Å². The van der Waals surface area contributed by atoms with Crippen LogP contribution in [-0.2, 0) is 16.1 Å². The minimum absolute atomic E-state index is 0.0741. The largest absolute Gasteiger partial charge is 0.353 e. The first-order valence-electron chi connectivity index (χ1n) is 9.40. The monoisotopic (exact) mass is 352 g/mol. The van der Waals surface area contributed by atoms with Crippen molar-refractivity contribution in [3.63, 3.8) is 0 Å². The molecule has 24 heavy (non-hydrogen) atoms. The summed E-state index contributed by atoms with van der Waals surface area (Å²) in [6.07, 6.45) is 3.20. The maximum absolute atomic E-state index is 15.7. The van der Waals surface area contributed by atoms with Gasteiger partial charge in [0.25, 0.3) is 8.41 Å². The predicted octanol–water partition coefficient (Wildman–Crippen LogP) is 5.16. The Bertz CT molecular complexity index is 471. The fourth-order valence-electron chi connectivity index (χ4n) is 3.54. The van der Waals surface area contributed by atoms with E-state index < -0.39 is 8.41 Å². The van der Waals surface area contributed by atoms with Crippen LogP contribution >= 0.6 is 0 Å². The summed E-state index contributed by atoms with van der Waals surface area (Å²) in [5, 5.41) is 0.933. The van der Waals surface area contributed by atoms with Gasteiger partial charge in [-0.3, -0.25) is 0 Å². The molecule has 1 aliphatic rings. The quantitative estimate of drug-likeness (QED) is 0.475. The van der Waals surface area contributed by atoms with Crippen LogP contribution in [0.2, 0.25) is 12.1 Å². The van der Waals surface area contributed by atoms with Crippen molar-refractivity contribution in [2.24, 2.45) is 11.8 Å². The lowest BCUT2D eigenvalue weighted by molar-refractivity contribution is -0.168. The highest BCUT2D eigenvalue weighted by Crippen LogP contribution is 2.27. The Balaban J connectivity index is 1.99. The summed E-state index contributed by atoms with van der Waals surface area (Å²) in [7, 11) is -2.90. The molecule has 1 aromatic carbocycles. The number of halogens is 1. The van der Waals surface area contributed by atoms with Crippen LogP contribution in [0.4, 0.5) is 4.11 Å². The van der Waals surface area contributed by atoms with E-state index in [0.29, 0.717) is 30.5 Å². The first-order valence-corrected chi connectivity index (χ1v) is 11.7. The zero-order valence-electron chi connectivity index (χ0n) is 15.7. The summed E-state index contributed by atoms with van der Waals surface area (Å²) in [6, 6.07) is 9.46. The summed E-state index contributed by atoms with van der Waals surface area (Å²) < 4.78 is 27.1. The minimum Gasteiger partial charge on any atom is -0.353 e. The zero-order valence-corrected chi connectivity index (χ0v) is 16.7. The molecule has 1 heterocycles. The third-order valence-corrected chi connectivity index (χ3v) is 8.80. The highest BCUT2D eigenvalue weighted by atomic mass is 28.4. The van der Waals surface area contributed by atoms with Crippen molar-refractivity contribution in [1.82, 2.24) is 0 Å². The van der Waals surface area contributed by atoms with Crippen molar-refractivity contribution in [3.05, 3.63) is 29.8 Å². The first kappa shape index (κ1) is 19.6. The normalized spacial score (nSPS) is 19.2. The second-order valence-corrected chi connectivity index (χ2v) is 11.3. The van der Waals surface area contributed by atoms with Crippen LogP contribution in [0.25, 0.3) is 0 Å². The average molecular weight is 353 g/mol. The summed E-state index contributed by atoms with van der Waals surface area (Å²) in [5.41, 5.74) is 1.10. The fourth-order valence-corrected chi connectivity index (χ4v) is 7.54. The molecule has 0 N–H and O–H groups in total. The Morgan fingerprint density at radius 3 is 2.21 bits per heavy atom. The van der Waals surface area contributed by atoms with Crippen molar-refractivity contribution >= 4 is 13.6 Å². The van der Waals surface area contributed by atoms with Gasteiger partial charge in [0, 0.05) is 6.61 Å². The Hall–Kier alpha value is -0.713. The molecule has 0 spiro atoms. The summed E-state index contributed by atoms with van der Waals surface area (Å²) in [4.78, 5) is 0. The molecule has 0 bridgehead atoms. The number of benzene rings is 1. The van der Waals surface area contributed by atoms with E-state index in [-0.39, 0.29) is 6.29 Å². The standard InChI is InChI=1S/C20H33FO2Si/c1-16(2)14-24(21,15-17(3)4)19-10-8-18(9-11-19)13-23-20-7-5-6-12-22-20/h8-11,16-17,20H,5-7,12-15H2,1-4H3. The van der Waals surface area contributed by atoms with Gasteiger partial charge >= 0.3 is 0 Å². The van der Waals surface area contributed by atoms with E-state index in [2.05, 4.69) is 27.7 Å². The smallest absolute Gasteiger partial charge is 0.278 e. The number of rotatable bonds is 8. The van der Waals surface area contributed by atoms with Crippen molar-refractivity contribution in [1.29, 1.82) is 0 Å². The maximum Gasteiger partial charge on any atom is 0.278 e. The lowest BCUT2D eigenvalue weighted by atomic mass is 10.2. The van der Waals surface area contributed by atoms with Gasteiger partial charge in [0.05, 0.1) is 6.61 Å². The van der Waals surface area contributed by atoms with Crippen LogP contribution in [-0.4, -0.2) is 21.3 Å². The Labute approximate surface area is 147 Å². The second-order valence-electron chi connectivity index (χ2n) is 7.97. The zero-order chi connectivity index (χ0) is 17.6. The van der Waals surface area contributed by atoms with Crippen LogP contribution in [0.1, 0.15) is 52.5 Å². The molecule has 1 fully saturated rings. The predicted molar refractivity (Wildman–Crippen MR) is 101 cm³/mol. The molecule has 0 aromatic heterocycles. The highest BCUT2D eigenvalue weighted by Gasteiger charge is 2.37. The lowest BCUT2D eigenvalue weighted by Crippen LogP contribution is -2.45. The van der Waals surface area contributed by atoms with E-state index >= 15 is 4.11 Å². The van der Waals surface area contributed by atoms with Crippen LogP contribution in [0.3, 0.4) is 0 Å². The van der Waals surface area contributed by atoms with Gasteiger partial charge in [-0.15, -0.1) is 0 Å². The summed E-state index contributed by atoms with van der Waals surface area (Å²) in [5.74, 6) is 0.791. The molecule has 0 amide bonds. The molecule has 1 unspecified atom stereocenters. The highest BCUT2D eigenvalue weighted by molar-refractivity contribution is 6.86. The Morgan fingerprint density at radius 2 is 1.71 bits per heavy atom. The Kier molecular flexibility index (Phi) is 7.45. The average Bonchev–Trinajstić information content (AvgIpc) is 2.53. The topological polar surface area (TPSA) is 18.5 Å². The molecular weight excluding hydrogens is 319 g/mol. The van der Waals surface area contributed by atoms with Crippen molar-refractivity contribution in [3.8, 4) is 0 Å². The summed E-state index contributed by atoms with van der Waals surface area (Å²) in [6.45, 7) is 9.81. The van der Waals surface area contributed by atoms with E-state index in [9.17, 15) is 0 Å². The number of ether oxygens (including phenoxy) is 2. The van der Waals surface area contributed by atoms with Gasteiger partial charge in [0.1, 0.15) is 0 Å². The lowest BCUT2D eigenvalue weighted by Gasteiger charge is -2.27. The fraction of sp³-hybridized carbons (Fsp3) is 0.700. The maximum atomic E-state index is 15.7. The van der Waals surface area contributed by atoms with E-state index in [0.717, 1.165) is 30.2 Å². The van der Waals surface area contributed by atoms with Crippen LogP contribution < -0.4 is 5.19 Å². The molecule has 4 heteroatoms. The van der Waals surface area contributed by atoms with Crippen LogP contribution in [0.5, 0.6) is 0 Å². The van der Waals surface area contributed by atoms with Crippen molar-refractivity contribution in [2.75, 3.05) is 6.61 Å². The van der Waals surface area contributed by atoms with Crippen LogP contribution in [0, 0.1) is 11.8 Å². The van der Waals surface area contributed by atoms with E-state index in [4.69, 9.17) is 9.47 Å². The van der Waals surface area contributed by atoms with Crippen molar-refractivity contribution in [2.45, 2.75) is 71.9 Å². The van der Waals surface area contributed by atoms with Gasteiger partial charge < -0.3 is 13.6 Å².